The molecule has 2 aromatic rings. The van der Waals surface area contributed by atoms with Crippen LogP contribution < -0.4 is 5.32 Å². The fourth-order valence-electron chi connectivity index (χ4n) is 2.11. The minimum absolute atomic E-state index is 0.215. The van der Waals surface area contributed by atoms with Crippen molar-refractivity contribution in [2.75, 3.05) is 11.6 Å². The van der Waals surface area contributed by atoms with Gasteiger partial charge in [-0.25, -0.2) is 8.42 Å². The summed E-state index contributed by atoms with van der Waals surface area (Å²) in [6, 6.07) is 6.05. The van der Waals surface area contributed by atoms with Crippen molar-refractivity contribution in [3.05, 3.63) is 46.9 Å². The summed E-state index contributed by atoms with van der Waals surface area (Å²) in [6.07, 6.45) is 1.14. The molecule has 112 valence electrons. The van der Waals surface area contributed by atoms with Crippen molar-refractivity contribution in [3.8, 4) is 0 Å². The molecule has 21 heavy (non-hydrogen) atoms. The van der Waals surface area contributed by atoms with E-state index in [2.05, 4.69) is 5.32 Å². The van der Waals surface area contributed by atoms with Gasteiger partial charge in [0.25, 0.3) is 5.91 Å². The van der Waals surface area contributed by atoms with E-state index >= 15 is 0 Å². The Labute approximate surface area is 123 Å². The summed E-state index contributed by atoms with van der Waals surface area (Å²) >= 11 is 0. The van der Waals surface area contributed by atoms with E-state index in [4.69, 9.17) is 4.42 Å². The van der Waals surface area contributed by atoms with E-state index in [-0.39, 0.29) is 10.8 Å². The number of carbonyl (C=O) groups excluding carboxylic acids is 1. The number of anilines is 1. The largest absolute Gasteiger partial charge is 0.466 e. The third-order valence-corrected chi connectivity index (χ3v) is 4.46. The molecule has 0 atom stereocenters. The van der Waals surface area contributed by atoms with Gasteiger partial charge in [-0.15, -0.1) is 0 Å². The summed E-state index contributed by atoms with van der Waals surface area (Å²) in [5, 5.41) is 2.74. The van der Waals surface area contributed by atoms with Gasteiger partial charge in [0.05, 0.1) is 10.5 Å². The second-order valence-electron chi connectivity index (χ2n) is 4.97. The number of benzene rings is 1. The Hall–Kier alpha value is -2.08. The van der Waals surface area contributed by atoms with Crippen molar-refractivity contribution in [1.29, 1.82) is 0 Å². The lowest BCUT2D eigenvalue weighted by Gasteiger charge is -2.06. The second kappa shape index (κ2) is 5.37. The van der Waals surface area contributed by atoms with E-state index in [0.717, 1.165) is 11.8 Å². The number of furan rings is 1. The summed E-state index contributed by atoms with van der Waals surface area (Å²) in [7, 11) is -3.24. The Morgan fingerprint density at radius 3 is 2.05 bits per heavy atom. The van der Waals surface area contributed by atoms with Crippen LogP contribution in [0.1, 0.15) is 27.4 Å². The van der Waals surface area contributed by atoms with Crippen LogP contribution in [0.3, 0.4) is 0 Å². The lowest BCUT2D eigenvalue weighted by atomic mass is 10.1. The standard InChI is InChI=1S/C15H17NO4S/c1-9-10(2)20-11(3)14(9)15(17)16-12-5-7-13(8-6-12)21(4,18)19/h5-8H,1-4H3,(H,16,17). The first-order chi connectivity index (χ1) is 9.70. The number of amides is 1. The van der Waals surface area contributed by atoms with Crippen LogP contribution in [0.25, 0.3) is 0 Å². The molecule has 5 nitrogen and oxygen atoms in total. The first-order valence-electron chi connectivity index (χ1n) is 6.38. The van der Waals surface area contributed by atoms with Gasteiger partial charge in [0.15, 0.2) is 9.84 Å². The molecular weight excluding hydrogens is 290 g/mol. The van der Waals surface area contributed by atoms with E-state index < -0.39 is 9.84 Å². The highest BCUT2D eigenvalue weighted by molar-refractivity contribution is 7.90. The van der Waals surface area contributed by atoms with Crippen molar-refractivity contribution < 1.29 is 17.6 Å². The predicted octanol–water partition coefficient (Wildman–Crippen LogP) is 2.86. The monoisotopic (exact) mass is 307 g/mol. The SMILES string of the molecule is Cc1oc(C)c(C(=O)Nc2ccc(S(C)(=O)=O)cc2)c1C. The van der Waals surface area contributed by atoms with E-state index in [1.54, 1.807) is 26.0 Å². The van der Waals surface area contributed by atoms with Crippen LogP contribution in [0.4, 0.5) is 5.69 Å². The maximum Gasteiger partial charge on any atom is 0.259 e. The molecule has 0 fully saturated rings. The Morgan fingerprint density at radius 2 is 1.62 bits per heavy atom. The molecule has 0 bridgehead atoms. The summed E-state index contributed by atoms with van der Waals surface area (Å²) in [5.41, 5.74) is 1.85. The summed E-state index contributed by atoms with van der Waals surface area (Å²) < 4.78 is 28.2. The van der Waals surface area contributed by atoms with Gasteiger partial charge in [0.2, 0.25) is 0 Å². The van der Waals surface area contributed by atoms with Crippen LogP contribution in [0.15, 0.2) is 33.6 Å². The molecule has 0 aliphatic heterocycles. The molecule has 0 saturated heterocycles. The highest BCUT2D eigenvalue weighted by Gasteiger charge is 2.18. The molecule has 1 aromatic heterocycles. The maximum atomic E-state index is 12.3. The maximum absolute atomic E-state index is 12.3. The highest BCUT2D eigenvalue weighted by Crippen LogP contribution is 2.22. The van der Waals surface area contributed by atoms with Gasteiger partial charge in [-0.1, -0.05) is 0 Å². The number of rotatable bonds is 3. The molecule has 0 aliphatic carbocycles. The third-order valence-electron chi connectivity index (χ3n) is 3.33. The Morgan fingerprint density at radius 1 is 1.05 bits per heavy atom. The summed E-state index contributed by atoms with van der Waals surface area (Å²) in [6.45, 7) is 5.37. The van der Waals surface area contributed by atoms with E-state index in [9.17, 15) is 13.2 Å². The number of hydrogen-bond acceptors (Lipinski definition) is 4. The number of sulfone groups is 1. The van der Waals surface area contributed by atoms with E-state index in [1.807, 2.05) is 6.92 Å². The molecule has 1 aromatic carbocycles. The number of nitrogens with one attached hydrogen (secondary N) is 1. The first-order valence-corrected chi connectivity index (χ1v) is 8.27. The Kier molecular flexibility index (Phi) is 3.91. The Balaban J connectivity index is 2.24. The molecule has 1 N–H and O–H groups in total. The van der Waals surface area contributed by atoms with Crippen LogP contribution in [0.5, 0.6) is 0 Å². The third kappa shape index (κ3) is 3.16. The van der Waals surface area contributed by atoms with Crippen molar-refractivity contribution in [2.24, 2.45) is 0 Å². The molecule has 0 unspecified atom stereocenters. The zero-order valence-electron chi connectivity index (χ0n) is 12.4. The van der Waals surface area contributed by atoms with Crippen LogP contribution in [0, 0.1) is 20.8 Å². The zero-order chi connectivity index (χ0) is 15.8. The highest BCUT2D eigenvalue weighted by atomic mass is 32.2. The van der Waals surface area contributed by atoms with Crippen molar-refractivity contribution >= 4 is 21.4 Å². The van der Waals surface area contributed by atoms with Crippen LogP contribution in [-0.2, 0) is 9.84 Å². The zero-order valence-corrected chi connectivity index (χ0v) is 13.2. The molecule has 0 radical (unpaired) electrons. The van der Waals surface area contributed by atoms with Gasteiger partial charge in [-0.05, 0) is 45.0 Å². The lowest BCUT2D eigenvalue weighted by molar-refractivity contribution is 0.102. The smallest absolute Gasteiger partial charge is 0.259 e. The van der Waals surface area contributed by atoms with Crippen LogP contribution in [-0.4, -0.2) is 20.6 Å². The molecular formula is C15H17NO4S. The molecule has 0 saturated carbocycles. The summed E-state index contributed by atoms with van der Waals surface area (Å²) in [5.74, 6) is 1.01. The number of hydrogen-bond donors (Lipinski definition) is 1. The van der Waals surface area contributed by atoms with Crippen molar-refractivity contribution in [2.45, 2.75) is 25.7 Å². The normalized spacial score (nSPS) is 11.4. The quantitative estimate of drug-likeness (QED) is 0.946. The predicted molar refractivity (Wildman–Crippen MR) is 80.4 cm³/mol. The van der Waals surface area contributed by atoms with Gasteiger partial charge in [-0.2, -0.15) is 0 Å². The fraction of sp³-hybridized carbons (Fsp3) is 0.267. The van der Waals surface area contributed by atoms with Crippen molar-refractivity contribution in [3.63, 3.8) is 0 Å². The molecule has 2 rings (SSSR count). The topological polar surface area (TPSA) is 76.4 Å². The fourth-order valence-corrected chi connectivity index (χ4v) is 2.74. The van der Waals surface area contributed by atoms with Gasteiger partial charge < -0.3 is 9.73 Å². The molecule has 6 heteroatoms. The minimum Gasteiger partial charge on any atom is -0.466 e. The molecule has 0 spiro atoms. The van der Waals surface area contributed by atoms with Gasteiger partial charge in [-0.3, -0.25) is 4.79 Å². The lowest BCUT2D eigenvalue weighted by Crippen LogP contribution is -2.13. The van der Waals surface area contributed by atoms with Crippen LogP contribution in [0.2, 0.25) is 0 Å². The van der Waals surface area contributed by atoms with E-state index in [1.165, 1.54) is 12.1 Å². The van der Waals surface area contributed by atoms with Gasteiger partial charge in [0.1, 0.15) is 11.5 Å². The van der Waals surface area contributed by atoms with Gasteiger partial charge in [0, 0.05) is 17.5 Å². The summed E-state index contributed by atoms with van der Waals surface area (Å²) in [4.78, 5) is 12.5. The van der Waals surface area contributed by atoms with Crippen LogP contribution >= 0.6 is 0 Å². The van der Waals surface area contributed by atoms with Crippen molar-refractivity contribution in [1.82, 2.24) is 0 Å². The average Bonchev–Trinajstić information content (AvgIpc) is 2.62. The number of carbonyl (C=O) groups is 1. The Bertz CT molecular complexity index is 786. The molecule has 1 heterocycles. The van der Waals surface area contributed by atoms with E-state index in [0.29, 0.717) is 22.8 Å². The average molecular weight is 307 g/mol. The second-order valence-corrected chi connectivity index (χ2v) is 6.98. The number of aryl methyl sites for hydroxylation is 2. The van der Waals surface area contributed by atoms with Gasteiger partial charge >= 0.3 is 0 Å². The minimum atomic E-state index is -3.24. The molecule has 1 amide bonds. The molecule has 0 aliphatic rings. The first kappa shape index (κ1) is 15.3.